The summed E-state index contributed by atoms with van der Waals surface area (Å²) in [6.45, 7) is -1.43. The maximum absolute atomic E-state index is 13.1. The second-order valence-electron chi connectivity index (χ2n) is 7.96. The number of methoxy groups -OCH3 is 1. The largest absolute Gasteiger partial charge is 0.490 e. The lowest BCUT2D eigenvalue weighted by atomic mass is 9.94. The van der Waals surface area contributed by atoms with Gasteiger partial charge < -0.3 is 29.7 Å². The second kappa shape index (κ2) is 10.4. The van der Waals surface area contributed by atoms with Gasteiger partial charge in [-0.1, -0.05) is 0 Å². The molecule has 0 unspecified atom stereocenters. The quantitative estimate of drug-likeness (QED) is 0.652. The van der Waals surface area contributed by atoms with Crippen LogP contribution >= 0.6 is 0 Å². The molecule has 0 spiro atoms. The fourth-order valence-electron chi connectivity index (χ4n) is 3.91. The smallest absolute Gasteiger partial charge is 0.405 e. The molecule has 2 heterocycles. The van der Waals surface area contributed by atoms with E-state index in [0.717, 1.165) is 0 Å². The van der Waals surface area contributed by atoms with E-state index >= 15 is 0 Å². The minimum atomic E-state index is -4.48. The van der Waals surface area contributed by atoms with E-state index in [-0.39, 0.29) is 43.1 Å². The van der Waals surface area contributed by atoms with E-state index in [9.17, 15) is 27.6 Å². The van der Waals surface area contributed by atoms with Crippen molar-refractivity contribution in [2.75, 3.05) is 39.2 Å². The van der Waals surface area contributed by atoms with Crippen molar-refractivity contribution in [3.8, 4) is 5.75 Å². The van der Waals surface area contributed by atoms with Crippen molar-refractivity contribution < 1.29 is 41.8 Å². The molecule has 3 atom stereocenters. The van der Waals surface area contributed by atoms with Gasteiger partial charge in [-0.05, 0) is 31.0 Å². The molecular formula is C21H26F3N3O6. The number of benzene rings is 1. The first-order valence-electron chi connectivity index (χ1n) is 10.4. The lowest BCUT2D eigenvalue weighted by Gasteiger charge is -2.42. The van der Waals surface area contributed by atoms with Crippen molar-refractivity contribution in [2.24, 2.45) is 0 Å². The van der Waals surface area contributed by atoms with E-state index in [2.05, 4.69) is 5.32 Å². The lowest BCUT2D eigenvalue weighted by Crippen LogP contribution is -2.54. The Bertz CT molecular complexity index is 894. The second-order valence-corrected chi connectivity index (χ2v) is 7.96. The van der Waals surface area contributed by atoms with Crippen molar-refractivity contribution >= 4 is 23.4 Å². The van der Waals surface area contributed by atoms with Gasteiger partial charge in [-0.2, -0.15) is 13.2 Å². The molecule has 2 N–H and O–H groups in total. The summed E-state index contributed by atoms with van der Waals surface area (Å²) < 4.78 is 53.4. The van der Waals surface area contributed by atoms with Gasteiger partial charge in [-0.25, -0.2) is 0 Å². The third-order valence-electron chi connectivity index (χ3n) is 5.47. The molecular weight excluding hydrogens is 447 g/mol. The van der Waals surface area contributed by atoms with E-state index in [0.29, 0.717) is 24.3 Å². The predicted octanol–water partition coefficient (Wildman–Crippen LogP) is 1.72. The number of fused-ring (bicyclic) bond motifs is 2. The Morgan fingerprint density at radius 1 is 1.24 bits per heavy atom. The number of likely N-dealkylation sites (N-methyl/N-ethyl adjacent to an activating group) is 1. The molecule has 0 radical (unpaired) electrons. The van der Waals surface area contributed by atoms with Gasteiger partial charge in [0.25, 0.3) is 5.91 Å². The molecule has 2 aliphatic heterocycles. The fourth-order valence-corrected chi connectivity index (χ4v) is 3.91. The number of alkyl halides is 3. The van der Waals surface area contributed by atoms with Gasteiger partial charge in [-0.15, -0.1) is 0 Å². The maximum atomic E-state index is 13.1. The van der Waals surface area contributed by atoms with Crippen LogP contribution in [-0.4, -0.2) is 81.0 Å². The third-order valence-corrected chi connectivity index (χ3v) is 5.47. The number of carbonyl (C=O) groups is 3. The van der Waals surface area contributed by atoms with Crippen LogP contribution in [0.4, 0.5) is 18.9 Å². The normalized spacial score (nSPS) is 22.9. The first-order chi connectivity index (χ1) is 15.6. The zero-order valence-corrected chi connectivity index (χ0v) is 18.2. The number of carbonyl (C=O) groups excluding carboxylic acids is 3. The van der Waals surface area contributed by atoms with Crippen LogP contribution in [-0.2, 0) is 19.1 Å². The number of halogens is 3. The summed E-state index contributed by atoms with van der Waals surface area (Å²) in [7, 11) is 3.03. The summed E-state index contributed by atoms with van der Waals surface area (Å²) in [6, 6.07) is 4.34. The van der Waals surface area contributed by atoms with Gasteiger partial charge in [0.05, 0.1) is 24.1 Å². The summed E-state index contributed by atoms with van der Waals surface area (Å²) in [5, 5.41) is 4.48. The number of hydrogen-bond acceptors (Lipinski definition) is 6. The van der Waals surface area contributed by atoms with Gasteiger partial charge in [0.15, 0.2) is 0 Å². The molecule has 0 saturated carbocycles. The number of rotatable bonds is 6. The summed E-state index contributed by atoms with van der Waals surface area (Å²) in [5.74, 6) is -1.13. The predicted molar refractivity (Wildman–Crippen MR) is 110 cm³/mol. The average molecular weight is 473 g/mol. The zero-order valence-electron chi connectivity index (χ0n) is 18.2. The highest BCUT2D eigenvalue weighted by molar-refractivity contribution is 6.00. The molecule has 1 aromatic carbocycles. The van der Waals surface area contributed by atoms with Crippen molar-refractivity contribution in [3.63, 3.8) is 0 Å². The minimum absolute atomic E-state index is 0.0886. The van der Waals surface area contributed by atoms with E-state index in [1.165, 1.54) is 18.1 Å². The molecule has 1 aromatic rings. The molecule has 0 aliphatic carbocycles. The standard InChI is InChI=1S/C21H26F3N3O6/c1-27-15-5-4-13(8-18(28)25-11-21(22,23)24)33-17(15)9-32-16-6-3-12(7-14(16)20(27)30)26-19(29)10-31-2/h3,6-7,13,15,17H,4-5,8-11H2,1-2H3,(H,25,28)(H,26,29)/t13-,15+,17-/m0/s1. The molecule has 3 rings (SSSR count). The first-order valence-corrected chi connectivity index (χ1v) is 10.4. The van der Waals surface area contributed by atoms with Crippen molar-refractivity contribution in [2.45, 2.75) is 43.7 Å². The number of hydrogen-bond donors (Lipinski definition) is 2. The monoisotopic (exact) mass is 473 g/mol. The van der Waals surface area contributed by atoms with Crippen molar-refractivity contribution in [1.82, 2.24) is 10.2 Å². The van der Waals surface area contributed by atoms with Crippen LogP contribution < -0.4 is 15.4 Å². The van der Waals surface area contributed by atoms with Crippen LogP contribution in [0.5, 0.6) is 5.75 Å². The summed E-state index contributed by atoms with van der Waals surface area (Å²) >= 11 is 0. The van der Waals surface area contributed by atoms with Gasteiger partial charge in [0.1, 0.15) is 31.6 Å². The van der Waals surface area contributed by atoms with Gasteiger partial charge in [-0.3, -0.25) is 14.4 Å². The molecule has 33 heavy (non-hydrogen) atoms. The Hall–Kier alpha value is -2.86. The molecule has 1 fully saturated rings. The molecule has 0 bridgehead atoms. The number of anilines is 1. The van der Waals surface area contributed by atoms with Gasteiger partial charge >= 0.3 is 6.18 Å². The Morgan fingerprint density at radius 2 is 2.00 bits per heavy atom. The number of nitrogens with one attached hydrogen (secondary N) is 2. The fraction of sp³-hybridized carbons (Fsp3) is 0.571. The number of amides is 3. The van der Waals surface area contributed by atoms with E-state index < -0.39 is 30.8 Å². The van der Waals surface area contributed by atoms with Crippen molar-refractivity contribution in [3.05, 3.63) is 23.8 Å². The molecule has 3 amide bonds. The van der Waals surface area contributed by atoms with Crippen LogP contribution in [0.15, 0.2) is 18.2 Å². The highest BCUT2D eigenvalue weighted by Gasteiger charge is 2.39. The molecule has 0 aromatic heterocycles. The first kappa shape index (κ1) is 24.8. The molecule has 2 aliphatic rings. The Kier molecular flexibility index (Phi) is 7.80. The molecule has 9 nitrogen and oxygen atoms in total. The Balaban J connectivity index is 1.67. The SMILES string of the molecule is COCC(=O)Nc1ccc2c(c1)C(=O)N(C)[C@@H]1CC[C@@H](CC(=O)NCC(F)(F)F)O[C@H]1CO2. The van der Waals surface area contributed by atoms with E-state index in [1.807, 2.05) is 5.32 Å². The van der Waals surface area contributed by atoms with Gasteiger partial charge in [0.2, 0.25) is 11.8 Å². The van der Waals surface area contributed by atoms with Crippen LogP contribution in [0.2, 0.25) is 0 Å². The van der Waals surface area contributed by atoms with Crippen molar-refractivity contribution in [1.29, 1.82) is 0 Å². The molecule has 1 saturated heterocycles. The minimum Gasteiger partial charge on any atom is -0.490 e. The summed E-state index contributed by atoms with van der Waals surface area (Å²) in [5.41, 5.74) is 0.697. The highest BCUT2D eigenvalue weighted by atomic mass is 19.4. The summed E-state index contributed by atoms with van der Waals surface area (Å²) in [4.78, 5) is 38.3. The maximum Gasteiger partial charge on any atom is 0.405 e. The molecule has 12 heteroatoms. The third kappa shape index (κ3) is 6.57. The number of ether oxygens (including phenoxy) is 3. The lowest BCUT2D eigenvalue weighted by molar-refractivity contribution is -0.144. The van der Waals surface area contributed by atoms with Crippen LogP contribution in [0, 0.1) is 0 Å². The average Bonchev–Trinajstić information content (AvgIpc) is 2.75. The van der Waals surface area contributed by atoms with Crippen LogP contribution in [0.3, 0.4) is 0 Å². The van der Waals surface area contributed by atoms with Crippen LogP contribution in [0.1, 0.15) is 29.6 Å². The summed E-state index contributed by atoms with van der Waals surface area (Å²) in [6.07, 6.45) is -4.93. The molecule has 182 valence electrons. The topological polar surface area (TPSA) is 106 Å². The van der Waals surface area contributed by atoms with E-state index in [1.54, 1.807) is 19.2 Å². The number of nitrogens with zero attached hydrogens (tertiary/aromatic N) is 1. The van der Waals surface area contributed by atoms with Gasteiger partial charge in [0, 0.05) is 19.8 Å². The van der Waals surface area contributed by atoms with E-state index in [4.69, 9.17) is 14.2 Å². The van der Waals surface area contributed by atoms with Crippen LogP contribution in [0.25, 0.3) is 0 Å². The Morgan fingerprint density at radius 3 is 2.70 bits per heavy atom. The zero-order chi connectivity index (χ0) is 24.2. The highest BCUT2D eigenvalue weighted by Crippen LogP contribution is 2.32. The Labute approximate surface area is 188 Å².